The summed E-state index contributed by atoms with van der Waals surface area (Å²) in [5.41, 5.74) is 1.02. The van der Waals surface area contributed by atoms with Crippen LogP contribution in [0.1, 0.15) is 18.4 Å². The fourth-order valence-corrected chi connectivity index (χ4v) is 2.33. The molecule has 1 amide bonds. The number of nitrogens with zero attached hydrogens (tertiary/aromatic N) is 3. The molecule has 0 bridgehead atoms. The van der Waals surface area contributed by atoms with E-state index in [0.717, 1.165) is 30.8 Å². The highest BCUT2D eigenvalue weighted by atomic mass is 16.2. The summed E-state index contributed by atoms with van der Waals surface area (Å²) in [6, 6.07) is 3.82. The van der Waals surface area contributed by atoms with Crippen LogP contribution in [0, 0.1) is 0 Å². The van der Waals surface area contributed by atoms with Gasteiger partial charge < -0.3 is 10.6 Å². The van der Waals surface area contributed by atoms with E-state index in [0.29, 0.717) is 6.54 Å². The van der Waals surface area contributed by atoms with E-state index in [2.05, 4.69) is 20.6 Å². The fourth-order valence-electron chi connectivity index (χ4n) is 2.33. The normalized spacial score (nSPS) is 18.1. The SMILES string of the molecule is O=C(NCc1ccnc(-n2ccnc2)c1)C1CCCN1. The van der Waals surface area contributed by atoms with Crippen LogP contribution in [0.2, 0.25) is 0 Å². The first kappa shape index (κ1) is 12.8. The van der Waals surface area contributed by atoms with Crippen molar-refractivity contribution in [1.29, 1.82) is 0 Å². The molecule has 1 saturated heterocycles. The second kappa shape index (κ2) is 5.83. The van der Waals surface area contributed by atoms with Gasteiger partial charge in [-0.25, -0.2) is 9.97 Å². The number of carbonyl (C=O) groups is 1. The largest absolute Gasteiger partial charge is 0.351 e. The Hall–Kier alpha value is -2.21. The van der Waals surface area contributed by atoms with Crippen LogP contribution < -0.4 is 10.6 Å². The van der Waals surface area contributed by atoms with Crippen molar-refractivity contribution in [3.8, 4) is 5.82 Å². The van der Waals surface area contributed by atoms with E-state index in [4.69, 9.17) is 0 Å². The summed E-state index contributed by atoms with van der Waals surface area (Å²) < 4.78 is 1.84. The predicted molar refractivity (Wildman–Crippen MR) is 74.2 cm³/mol. The van der Waals surface area contributed by atoms with E-state index < -0.39 is 0 Å². The van der Waals surface area contributed by atoms with Gasteiger partial charge in [0.05, 0.1) is 6.04 Å². The average Bonchev–Trinajstić information content (AvgIpc) is 3.17. The molecule has 104 valence electrons. The van der Waals surface area contributed by atoms with Gasteiger partial charge >= 0.3 is 0 Å². The summed E-state index contributed by atoms with van der Waals surface area (Å²) >= 11 is 0. The number of aromatic nitrogens is 3. The van der Waals surface area contributed by atoms with Crippen molar-refractivity contribution in [1.82, 2.24) is 25.2 Å². The van der Waals surface area contributed by atoms with Gasteiger partial charge in [-0.15, -0.1) is 0 Å². The maximum atomic E-state index is 11.9. The van der Waals surface area contributed by atoms with Gasteiger partial charge in [0.25, 0.3) is 0 Å². The van der Waals surface area contributed by atoms with Crippen LogP contribution in [0.4, 0.5) is 0 Å². The summed E-state index contributed by atoms with van der Waals surface area (Å²) in [6.45, 7) is 1.44. The van der Waals surface area contributed by atoms with Crippen LogP contribution in [0.15, 0.2) is 37.1 Å². The number of carbonyl (C=O) groups excluding carboxylic acids is 1. The van der Waals surface area contributed by atoms with Crippen LogP contribution in [-0.2, 0) is 11.3 Å². The van der Waals surface area contributed by atoms with E-state index in [1.54, 1.807) is 18.7 Å². The molecule has 6 nitrogen and oxygen atoms in total. The number of rotatable bonds is 4. The summed E-state index contributed by atoms with van der Waals surface area (Å²) in [6.07, 6.45) is 8.98. The van der Waals surface area contributed by atoms with Crippen molar-refractivity contribution in [3.63, 3.8) is 0 Å². The molecule has 2 aromatic heterocycles. The zero-order valence-corrected chi connectivity index (χ0v) is 11.1. The summed E-state index contributed by atoms with van der Waals surface area (Å²) in [5, 5.41) is 6.15. The maximum absolute atomic E-state index is 11.9. The number of pyridine rings is 1. The Kier molecular flexibility index (Phi) is 3.73. The van der Waals surface area contributed by atoms with E-state index in [1.165, 1.54) is 0 Å². The molecular weight excluding hydrogens is 254 g/mol. The summed E-state index contributed by atoms with van der Waals surface area (Å²) in [4.78, 5) is 20.2. The Labute approximate surface area is 117 Å². The third-order valence-corrected chi connectivity index (χ3v) is 3.42. The maximum Gasteiger partial charge on any atom is 0.237 e. The number of nitrogens with one attached hydrogen (secondary N) is 2. The van der Waals surface area contributed by atoms with Gasteiger partial charge in [0.1, 0.15) is 12.1 Å². The fraction of sp³-hybridized carbons (Fsp3) is 0.357. The highest BCUT2D eigenvalue weighted by Crippen LogP contribution is 2.08. The lowest BCUT2D eigenvalue weighted by Gasteiger charge is -2.11. The molecule has 3 heterocycles. The minimum absolute atomic E-state index is 0.0371. The number of amides is 1. The van der Waals surface area contributed by atoms with Gasteiger partial charge in [-0.2, -0.15) is 0 Å². The standard InChI is InChI=1S/C14H17N5O/c20-14(12-2-1-4-16-12)18-9-11-3-5-17-13(8-11)19-7-6-15-10-19/h3,5-8,10,12,16H,1-2,4,9H2,(H,18,20). The van der Waals surface area contributed by atoms with Crippen LogP contribution in [-0.4, -0.2) is 33.0 Å². The Balaban J connectivity index is 1.63. The van der Waals surface area contributed by atoms with E-state index in [9.17, 15) is 4.79 Å². The molecule has 1 aliphatic rings. The van der Waals surface area contributed by atoms with Crippen molar-refractivity contribution < 1.29 is 4.79 Å². The van der Waals surface area contributed by atoms with Gasteiger partial charge in [0.2, 0.25) is 5.91 Å². The first-order chi connectivity index (χ1) is 9.83. The second-order valence-electron chi connectivity index (χ2n) is 4.86. The first-order valence-electron chi connectivity index (χ1n) is 6.77. The molecule has 20 heavy (non-hydrogen) atoms. The van der Waals surface area contributed by atoms with Gasteiger partial charge in [-0.3, -0.25) is 9.36 Å². The summed E-state index contributed by atoms with van der Waals surface area (Å²) in [7, 11) is 0. The number of hydrogen-bond acceptors (Lipinski definition) is 4. The molecule has 1 atom stereocenters. The minimum Gasteiger partial charge on any atom is -0.351 e. The minimum atomic E-state index is -0.0371. The molecule has 1 unspecified atom stereocenters. The van der Waals surface area contributed by atoms with Crippen molar-refractivity contribution >= 4 is 5.91 Å². The molecule has 2 aromatic rings. The van der Waals surface area contributed by atoms with Gasteiger partial charge in [-0.1, -0.05) is 0 Å². The lowest BCUT2D eigenvalue weighted by Crippen LogP contribution is -2.40. The Bertz CT molecular complexity index is 575. The molecule has 6 heteroatoms. The highest BCUT2D eigenvalue weighted by molar-refractivity contribution is 5.81. The van der Waals surface area contributed by atoms with Gasteiger partial charge in [0, 0.05) is 25.1 Å². The number of imidazole rings is 1. The Morgan fingerprint density at radius 3 is 3.20 bits per heavy atom. The lowest BCUT2D eigenvalue weighted by atomic mass is 10.2. The summed E-state index contributed by atoms with van der Waals surface area (Å²) in [5.74, 6) is 0.872. The monoisotopic (exact) mass is 271 g/mol. The highest BCUT2D eigenvalue weighted by Gasteiger charge is 2.21. The topological polar surface area (TPSA) is 71.8 Å². The molecule has 1 aliphatic heterocycles. The zero-order valence-electron chi connectivity index (χ0n) is 11.1. The first-order valence-corrected chi connectivity index (χ1v) is 6.77. The van der Waals surface area contributed by atoms with E-state index in [-0.39, 0.29) is 11.9 Å². The van der Waals surface area contributed by atoms with Crippen LogP contribution in [0.3, 0.4) is 0 Å². The van der Waals surface area contributed by atoms with Gasteiger partial charge in [-0.05, 0) is 37.1 Å². The Morgan fingerprint density at radius 2 is 2.45 bits per heavy atom. The molecular formula is C14H17N5O. The van der Waals surface area contributed by atoms with Crippen LogP contribution >= 0.6 is 0 Å². The third kappa shape index (κ3) is 2.85. The average molecular weight is 271 g/mol. The van der Waals surface area contributed by atoms with Crippen molar-refractivity contribution in [2.75, 3.05) is 6.54 Å². The van der Waals surface area contributed by atoms with Crippen molar-refractivity contribution in [3.05, 3.63) is 42.6 Å². The van der Waals surface area contributed by atoms with Crippen molar-refractivity contribution in [2.24, 2.45) is 0 Å². The van der Waals surface area contributed by atoms with E-state index >= 15 is 0 Å². The molecule has 0 saturated carbocycles. The predicted octanol–water partition coefficient (Wildman–Crippen LogP) is 0.635. The van der Waals surface area contributed by atoms with Crippen molar-refractivity contribution in [2.45, 2.75) is 25.4 Å². The molecule has 2 N–H and O–H groups in total. The molecule has 0 spiro atoms. The number of hydrogen-bond donors (Lipinski definition) is 2. The molecule has 1 fully saturated rings. The molecule has 0 radical (unpaired) electrons. The molecule has 0 aliphatic carbocycles. The third-order valence-electron chi connectivity index (χ3n) is 3.42. The smallest absolute Gasteiger partial charge is 0.237 e. The quantitative estimate of drug-likeness (QED) is 0.856. The molecule has 3 rings (SSSR count). The van der Waals surface area contributed by atoms with Gasteiger partial charge in [0.15, 0.2) is 0 Å². The Morgan fingerprint density at radius 1 is 1.50 bits per heavy atom. The van der Waals surface area contributed by atoms with Crippen LogP contribution in [0.25, 0.3) is 5.82 Å². The van der Waals surface area contributed by atoms with E-state index in [1.807, 2.05) is 22.9 Å². The lowest BCUT2D eigenvalue weighted by molar-refractivity contribution is -0.122. The molecule has 0 aromatic carbocycles. The van der Waals surface area contributed by atoms with Crippen LogP contribution in [0.5, 0.6) is 0 Å². The second-order valence-corrected chi connectivity index (χ2v) is 4.86. The zero-order chi connectivity index (χ0) is 13.8.